The third-order valence-corrected chi connectivity index (χ3v) is 6.55. The molecule has 14 heavy (non-hydrogen) atoms. The van der Waals surface area contributed by atoms with Gasteiger partial charge in [0.1, 0.15) is 0 Å². The molecule has 0 saturated heterocycles. The first-order chi connectivity index (χ1) is 6.29. The molecule has 0 aromatic heterocycles. The predicted octanol–water partition coefficient (Wildman–Crippen LogP) is -0.811. The van der Waals surface area contributed by atoms with Crippen LogP contribution in [-0.2, 0) is 35.5 Å². The van der Waals surface area contributed by atoms with Gasteiger partial charge in [-0.05, 0) is 0 Å². The Kier molecular flexibility index (Phi) is 15.2. The van der Waals surface area contributed by atoms with E-state index in [4.69, 9.17) is 5.72 Å². The van der Waals surface area contributed by atoms with Crippen molar-refractivity contribution in [3.63, 3.8) is 0 Å². The SMILES string of the molecule is CC(=O)[O][Hg][c]1ccccc1.[InH3].[O]=[Sn]. The molecule has 2 radical (unpaired) electrons. The van der Waals surface area contributed by atoms with Crippen LogP contribution in [0.25, 0.3) is 0 Å². The van der Waals surface area contributed by atoms with E-state index in [1.807, 2.05) is 30.3 Å². The quantitative estimate of drug-likeness (QED) is 0.425. The number of hydrogen-bond donors (Lipinski definition) is 0. The molecule has 1 aromatic rings. The maximum absolute atomic E-state index is 10.5. The van der Waals surface area contributed by atoms with Gasteiger partial charge in [0.05, 0.1) is 0 Å². The van der Waals surface area contributed by atoms with E-state index in [2.05, 4.69) is 0 Å². The van der Waals surface area contributed by atoms with Gasteiger partial charge in [0.15, 0.2) is 0 Å². The van der Waals surface area contributed by atoms with E-state index in [-0.39, 0.29) is 31.8 Å². The van der Waals surface area contributed by atoms with Gasteiger partial charge in [-0.15, -0.1) is 0 Å². The van der Waals surface area contributed by atoms with Crippen molar-refractivity contribution in [1.82, 2.24) is 0 Å². The third-order valence-electron chi connectivity index (χ3n) is 1.28. The Morgan fingerprint density at radius 1 is 1.29 bits per heavy atom. The van der Waals surface area contributed by atoms with Crippen LogP contribution in [0, 0.1) is 0 Å². The van der Waals surface area contributed by atoms with Gasteiger partial charge in [-0.3, -0.25) is 0 Å². The zero-order chi connectivity index (χ0) is 10.1. The third kappa shape index (κ3) is 9.64. The first kappa shape index (κ1) is 17.5. The van der Waals surface area contributed by atoms with Crippen molar-refractivity contribution in [3.05, 3.63) is 30.3 Å². The summed E-state index contributed by atoms with van der Waals surface area (Å²) in [6.07, 6.45) is 0. The van der Waals surface area contributed by atoms with Gasteiger partial charge in [0.25, 0.3) is 0 Å². The second kappa shape index (κ2) is 12.2. The average Bonchev–Trinajstić information content (AvgIpc) is 2.19. The van der Waals surface area contributed by atoms with E-state index in [1.54, 1.807) is 0 Å². The van der Waals surface area contributed by atoms with Crippen molar-refractivity contribution in [1.29, 1.82) is 0 Å². The minimum absolute atomic E-state index is 0. The van der Waals surface area contributed by atoms with E-state index >= 15 is 0 Å². The zero-order valence-corrected chi connectivity index (χ0v) is 15.7. The van der Waals surface area contributed by atoms with Gasteiger partial charge in [0, 0.05) is 0 Å². The monoisotopic (exact) mass is 592 g/mol. The first-order valence-electron chi connectivity index (χ1n) is 3.67. The molecule has 0 fully saturated rings. The summed E-state index contributed by atoms with van der Waals surface area (Å²) in [7, 11) is 0. The number of hydrogen-bond acceptors (Lipinski definition) is 3. The summed E-state index contributed by atoms with van der Waals surface area (Å²) in [5, 5.41) is 0. The number of rotatable bonds is 2. The first-order valence-corrected chi connectivity index (χ1v) is 9.82. The molecule has 0 aliphatic carbocycles. The Hall–Kier alpha value is 1.09. The van der Waals surface area contributed by atoms with Crippen molar-refractivity contribution in [2.24, 2.45) is 0 Å². The topological polar surface area (TPSA) is 43.4 Å². The average molecular weight is 589 g/mol. The van der Waals surface area contributed by atoms with Gasteiger partial charge in [-0.2, -0.15) is 0 Å². The van der Waals surface area contributed by atoms with Crippen molar-refractivity contribution >= 4 is 57.4 Å². The fourth-order valence-electron chi connectivity index (χ4n) is 0.759. The Bertz CT molecular complexity index is 258. The molecule has 0 unspecified atom stereocenters. The predicted molar refractivity (Wildman–Crippen MR) is 54.2 cm³/mol. The van der Waals surface area contributed by atoms with Gasteiger partial charge in [-0.25, -0.2) is 0 Å². The van der Waals surface area contributed by atoms with Gasteiger partial charge >= 0.3 is 130 Å². The number of carbonyl (C=O) groups is 1. The Morgan fingerprint density at radius 2 is 1.79 bits per heavy atom. The molecule has 0 spiro atoms. The Morgan fingerprint density at radius 3 is 2.21 bits per heavy atom. The van der Waals surface area contributed by atoms with Crippen molar-refractivity contribution < 1.29 is 35.5 Å². The van der Waals surface area contributed by atoms with Crippen LogP contribution < -0.4 is 3.07 Å². The fraction of sp³-hybridized carbons (Fsp3) is 0.125. The normalized spacial score (nSPS) is 6.93. The maximum atomic E-state index is 10.5. The van der Waals surface area contributed by atoms with E-state index in [9.17, 15) is 4.79 Å². The molecule has 1 aromatic carbocycles. The molecule has 0 aliphatic heterocycles. The van der Waals surface area contributed by atoms with Gasteiger partial charge in [-0.1, -0.05) is 0 Å². The van der Waals surface area contributed by atoms with Crippen LogP contribution in [0.4, 0.5) is 0 Å². The molecule has 0 N–H and O–H groups in total. The van der Waals surface area contributed by atoms with Crippen molar-refractivity contribution in [3.8, 4) is 0 Å². The minimum atomic E-state index is -1.52. The van der Waals surface area contributed by atoms with E-state index in [0.29, 0.717) is 22.5 Å². The Labute approximate surface area is 128 Å². The number of benzene rings is 1. The molecule has 0 atom stereocenters. The molecule has 70 valence electrons. The summed E-state index contributed by atoms with van der Waals surface area (Å²) in [5.41, 5.74) is 0. The standard InChI is InChI=1S/C6H5.C2H4O2.Hg.In.O.Sn.3H/c1-2-4-6-5-3-1;1-2(3)4;;;;;;;/h1-5H;1H3,(H,3,4);;;;;;;/q;;+1;;;;;;/p-1. The summed E-state index contributed by atoms with van der Waals surface area (Å²) in [4.78, 5) is 10.5. The molecule has 0 bridgehead atoms. The molecular formula is C8H11HgInO3Sn. The van der Waals surface area contributed by atoms with E-state index < -0.39 is 25.0 Å². The van der Waals surface area contributed by atoms with Crippen LogP contribution in [0.2, 0.25) is 0 Å². The summed E-state index contributed by atoms with van der Waals surface area (Å²) in [6, 6.07) is 9.94. The van der Waals surface area contributed by atoms with Crippen LogP contribution in [0.1, 0.15) is 6.92 Å². The van der Waals surface area contributed by atoms with Gasteiger partial charge in [0.2, 0.25) is 0 Å². The number of carbonyl (C=O) groups excluding carboxylic acids is 1. The molecule has 0 saturated carbocycles. The van der Waals surface area contributed by atoms with Crippen LogP contribution in [0.5, 0.6) is 0 Å². The Balaban J connectivity index is 0. The van der Waals surface area contributed by atoms with E-state index in [0.717, 1.165) is 0 Å². The molecule has 6 heteroatoms. The zero-order valence-electron chi connectivity index (χ0n) is 7.32. The second-order valence-electron chi connectivity index (χ2n) is 2.27. The molecule has 3 nitrogen and oxygen atoms in total. The van der Waals surface area contributed by atoms with Crippen LogP contribution in [-0.4, -0.2) is 54.3 Å². The van der Waals surface area contributed by atoms with Crippen LogP contribution in [0.3, 0.4) is 0 Å². The fourth-order valence-corrected chi connectivity index (χ4v) is 4.00. The summed E-state index contributed by atoms with van der Waals surface area (Å²) in [6.45, 7) is 1.46. The molecule has 0 amide bonds. The molecule has 0 heterocycles. The summed E-state index contributed by atoms with van der Waals surface area (Å²) in [5.74, 6) is -0.143. The van der Waals surface area contributed by atoms with Crippen molar-refractivity contribution in [2.45, 2.75) is 6.92 Å². The van der Waals surface area contributed by atoms with E-state index in [1.165, 1.54) is 10.00 Å². The molecule has 1 rings (SSSR count). The van der Waals surface area contributed by atoms with Crippen LogP contribution in [0.15, 0.2) is 30.3 Å². The summed E-state index contributed by atoms with van der Waals surface area (Å²) < 4.78 is 14.6. The molecular weight excluding hydrogens is 578 g/mol. The van der Waals surface area contributed by atoms with Crippen LogP contribution >= 0.6 is 0 Å². The summed E-state index contributed by atoms with van der Waals surface area (Å²) >= 11 is -1.22. The molecule has 0 aliphatic rings. The van der Waals surface area contributed by atoms with Gasteiger partial charge < -0.3 is 0 Å². The van der Waals surface area contributed by atoms with Crippen molar-refractivity contribution in [2.75, 3.05) is 0 Å². The second-order valence-corrected chi connectivity index (χ2v) is 7.68.